The molecule has 0 radical (unpaired) electrons. The molecule has 0 saturated heterocycles. The second-order valence-electron chi connectivity index (χ2n) is 12.0. The number of carbonyl (C=O) groups is 2. The largest absolute Gasteiger partial charge is 0.495 e. The van der Waals surface area contributed by atoms with Gasteiger partial charge >= 0.3 is 0 Å². The van der Waals surface area contributed by atoms with Crippen molar-refractivity contribution in [2.75, 3.05) is 35.8 Å². The summed E-state index contributed by atoms with van der Waals surface area (Å²) in [6.07, 6.45) is 10.2. The zero-order valence-electron chi connectivity index (χ0n) is 24.1. The molecule has 40 heavy (non-hydrogen) atoms. The smallest absolute Gasteiger partial charge is 0.251 e. The Balaban J connectivity index is 1.40. The molecule has 1 aromatic carbocycles. The van der Waals surface area contributed by atoms with Crippen molar-refractivity contribution in [2.45, 2.75) is 89.8 Å². The van der Waals surface area contributed by atoms with Gasteiger partial charge in [0.2, 0.25) is 11.9 Å². The molecule has 10 heteroatoms. The molecule has 2 amide bonds. The van der Waals surface area contributed by atoms with Crippen LogP contribution >= 0.6 is 0 Å². The minimum Gasteiger partial charge on any atom is -0.495 e. The molecule has 2 aromatic rings. The normalized spacial score (nSPS) is 23.3. The standard InChI is InChI=1S/C30H42N6O4/c1-30(2)18-36(20-10-8-9-11-20)26-23(35(3)28(30)39)17-31-29(34-26)33-22-15-14-19(16-25(22)40-4)27(38)32-21-12-6-5-7-13-24(21)37/h14-17,20-21,24,37H,5-13,18H2,1-4H3,(H,32,38)(H,31,33,34)/t21-,24-/m1/s1. The fourth-order valence-corrected chi connectivity index (χ4v) is 6.29. The van der Waals surface area contributed by atoms with E-state index >= 15 is 0 Å². The van der Waals surface area contributed by atoms with Crippen molar-refractivity contribution in [3.8, 4) is 5.75 Å². The summed E-state index contributed by atoms with van der Waals surface area (Å²) < 4.78 is 5.62. The topological polar surface area (TPSA) is 120 Å². The fourth-order valence-electron chi connectivity index (χ4n) is 6.29. The molecule has 1 aliphatic heterocycles. The summed E-state index contributed by atoms with van der Waals surface area (Å²) in [5.74, 6) is 1.43. The third-order valence-electron chi connectivity index (χ3n) is 8.60. The predicted molar refractivity (Wildman–Crippen MR) is 155 cm³/mol. The Labute approximate surface area is 236 Å². The number of carbonyl (C=O) groups excluding carboxylic acids is 2. The second kappa shape index (κ2) is 11.6. The van der Waals surface area contributed by atoms with E-state index < -0.39 is 11.5 Å². The molecule has 3 aliphatic rings. The Morgan fingerprint density at radius 2 is 1.82 bits per heavy atom. The molecule has 0 unspecified atom stereocenters. The molecular weight excluding hydrogens is 508 g/mol. The van der Waals surface area contributed by atoms with Crippen LogP contribution in [-0.4, -0.2) is 65.8 Å². The maximum absolute atomic E-state index is 13.3. The zero-order valence-corrected chi connectivity index (χ0v) is 24.1. The molecule has 2 heterocycles. The average molecular weight is 551 g/mol. The Morgan fingerprint density at radius 1 is 1.10 bits per heavy atom. The Hall–Kier alpha value is -3.40. The lowest BCUT2D eigenvalue weighted by Gasteiger charge is -2.34. The molecule has 2 fully saturated rings. The number of rotatable bonds is 6. The van der Waals surface area contributed by atoms with Gasteiger partial charge in [0, 0.05) is 25.2 Å². The van der Waals surface area contributed by atoms with Gasteiger partial charge in [0.1, 0.15) is 11.4 Å². The molecule has 0 spiro atoms. The lowest BCUT2D eigenvalue weighted by molar-refractivity contribution is -0.125. The minimum absolute atomic E-state index is 0.0467. The van der Waals surface area contributed by atoms with E-state index in [0.29, 0.717) is 47.6 Å². The van der Waals surface area contributed by atoms with E-state index in [9.17, 15) is 14.7 Å². The molecular formula is C30H42N6O4. The van der Waals surface area contributed by atoms with Crippen molar-refractivity contribution in [1.82, 2.24) is 15.3 Å². The maximum atomic E-state index is 13.3. The molecule has 3 N–H and O–H groups in total. The number of aliphatic hydroxyl groups excluding tert-OH is 1. The number of anilines is 4. The van der Waals surface area contributed by atoms with Gasteiger partial charge in [0.15, 0.2) is 5.82 Å². The van der Waals surface area contributed by atoms with Crippen LogP contribution in [0, 0.1) is 5.41 Å². The summed E-state index contributed by atoms with van der Waals surface area (Å²) >= 11 is 0. The van der Waals surface area contributed by atoms with Gasteiger partial charge in [-0.3, -0.25) is 9.59 Å². The van der Waals surface area contributed by atoms with Crippen molar-refractivity contribution in [1.29, 1.82) is 0 Å². The summed E-state index contributed by atoms with van der Waals surface area (Å²) in [5, 5.41) is 16.7. The molecule has 0 bridgehead atoms. The number of hydrogen-bond acceptors (Lipinski definition) is 8. The number of fused-ring (bicyclic) bond motifs is 1. The Morgan fingerprint density at radius 3 is 2.58 bits per heavy atom. The first kappa shape index (κ1) is 28.1. The van der Waals surface area contributed by atoms with Crippen LogP contribution in [0.1, 0.15) is 82.0 Å². The van der Waals surface area contributed by atoms with Crippen LogP contribution in [0.15, 0.2) is 24.4 Å². The summed E-state index contributed by atoms with van der Waals surface area (Å²) in [5.41, 5.74) is 1.22. The molecule has 5 rings (SSSR count). The maximum Gasteiger partial charge on any atom is 0.251 e. The number of benzene rings is 1. The van der Waals surface area contributed by atoms with E-state index in [0.717, 1.165) is 44.3 Å². The fraction of sp³-hybridized carbons (Fsp3) is 0.600. The summed E-state index contributed by atoms with van der Waals surface area (Å²) in [7, 11) is 3.35. The van der Waals surface area contributed by atoms with Crippen molar-refractivity contribution in [2.24, 2.45) is 5.41 Å². The molecule has 216 valence electrons. The Bertz CT molecular complexity index is 1240. The van der Waals surface area contributed by atoms with Gasteiger partial charge in [0.05, 0.1) is 36.6 Å². The number of nitrogens with one attached hydrogen (secondary N) is 2. The SMILES string of the molecule is COc1cc(C(=O)N[C@@H]2CCCCC[C@H]2O)ccc1Nc1ncc2c(n1)N(C1CCCC1)CC(C)(C)C(=O)N2C. The average Bonchev–Trinajstić information content (AvgIpc) is 3.39. The number of aromatic nitrogens is 2. The lowest BCUT2D eigenvalue weighted by Crippen LogP contribution is -2.45. The van der Waals surface area contributed by atoms with E-state index in [1.165, 1.54) is 12.8 Å². The van der Waals surface area contributed by atoms with Crippen molar-refractivity contribution in [3.05, 3.63) is 30.0 Å². The number of amides is 2. The van der Waals surface area contributed by atoms with Gasteiger partial charge in [-0.1, -0.05) is 32.1 Å². The molecule has 1 aromatic heterocycles. The second-order valence-corrected chi connectivity index (χ2v) is 12.0. The minimum atomic E-state index is -0.557. The zero-order chi connectivity index (χ0) is 28.4. The first-order valence-electron chi connectivity index (χ1n) is 14.5. The summed E-state index contributed by atoms with van der Waals surface area (Å²) in [6, 6.07) is 5.28. The van der Waals surface area contributed by atoms with Gasteiger partial charge < -0.3 is 30.3 Å². The van der Waals surface area contributed by atoms with Gasteiger partial charge in [-0.2, -0.15) is 4.98 Å². The molecule has 2 saturated carbocycles. The quantitative estimate of drug-likeness (QED) is 0.453. The third-order valence-corrected chi connectivity index (χ3v) is 8.60. The van der Waals surface area contributed by atoms with E-state index in [4.69, 9.17) is 9.72 Å². The van der Waals surface area contributed by atoms with Crippen LogP contribution in [-0.2, 0) is 4.79 Å². The number of methoxy groups -OCH3 is 1. The van der Waals surface area contributed by atoms with Crippen molar-refractivity contribution in [3.63, 3.8) is 0 Å². The number of ether oxygens (including phenoxy) is 1. The third kappa shape index (κ3) is 5.73. The van der Waals surface area contributed by atoms with Gasteiger partial charge in [-0.05, 0) is 57.7 Å². The van der Waals surface area contributed by atoms with E-state index in [2.05, 4.69) is 20.5 Å². The summed E-state index contributed by atoms with van der Waals surface area (Å²) in [6.45, 7) is 4.57. The highest BCUT2D eigenvalue weighted by Gasteiger charge is 2.41. The van der Waals surface area contributed by atoms with E-state index in [-0.39, 0.29) is 17.9 Å². The number of nitrogens with zero attached hydrogens (tertiary/aromatic N) is 4. The highest BCUT2D eigenvalue weighted by molar-refractivity contribution is 6.01. The lowest BCUT2D eigenvalue weighted by atomic mass is 9.91. The van der Waals surface area contributed by atoms with Crippen molar-refractivity contribution < 1.29 is 19.4 Å². The van der Waals surface area contributed by atoms with Crippen LogP contribution in [0.3, 0.4) is 0 Å². The van der Waals surface area contributed by atoms with Crippen molar-refractivity contribution >= 4 is 35.0 Å². The monoisotopic (exact) mass is 550 g/mol. The van der Waals surface area contributed by atoms with Crippen LogP contribution in [0.4, 0.5) is 23.1 Å². The molecule has 10 nitrogen and oxygen atoms in total. The first-order chi connectivity index (χ1) is 19.2. The van der Waals surface area contributed by atoms with Gasteiger partial charge in [0.25, 0.3) is 5.91 Å². The predicted octanol–water partition coefficient (Wildman–Crippen LogP) is 4.40. The molecule has 2 atom stereocenters. The highest BCUT2D eigenvalue weighted by Crippen LogP contribution is 2.40. The number of aliphatic hydroxyl groups is 1. The summed E-state index contributed by atoms with van der Waals surface area (Å²) in [4.78, 5) is 39.7. The van der Waals surface area contributed by atoms with Gasteiger partial charge in [-0.25, -0.2) is 4.98 Å². The first-order valence-corrected chi connectivity index (χ1v) is 14.5. The van der Waals surface area contributed by atoms with Crippen LogP contribution < -0.4 is 25.2 Å². The van der Waals surface area contributed by atoms with Crippen LogP contribution in [0.5, 0.6) is 5.75 Å². The van der Waals surface area contributed by atoms with Gasteiger partial charge in [-0.15, -0.1) is 0 Å². The highest BCUT2D eigenvalue weighted by atomic mass is 16.5. The molecule has 2 aliphatic carbocycles. The Kier molecular flexibility index (Phi) is 8.16. The van der Waals surface area contributed by atoms with Crippen LogP contribution in [0.25, 0.3) is 0 Å². The van der Waals surface area contributed by atoms with E-state index in [1.807, 2.05) is 13.8 Å². The van der Waals surface area contributed by atoms with E-state index in [1.54, 1.807) is 43.5 Å². The van der Waals surface area contributed by atoms with Crippen LogP contribution in [0.2, 0.25) is 0 Å². The number of hydrogen-bond donors (Lipinski definition) is 3.